The van der Waals surface area contributed by atoms with E-state index in [4.69, 9.17) is 14.2 Å². The zero-order valence-corrected chi connectivity index (χ0v) is 42.7. The van der Waals surface area contributed by atoms with Gasteiger partial charge in [-0.2, -0.15) is 0 Å². The lowest BCUT2D eigenvalue weighted by Crippen LogP contribution is -2.32. The number of hydrogen-bond acceptors (Lipinski definition) is 4. The number of fused-ring (bicyclic) bond motifs is 27. The Bertz CT molecular complexity index is 4310. The van der Waals surface area contributed by atoms with Crippen molar-refractivity contribution in [3.8, 4) is 67.9 Å². The lowest BCUT2D eigenvalue weighted by Gasteiger charge is -2.40. The Labute approximate surface area is 457 Å². The van der Waals surface area contributed by atoms with E-state index in [1.165, 1.54) is 66.8 Å². The molecular weight excluding hydrogens is 963 g/mol. The number of anilines is 3. The van der Waals surface area contributed by atoms with E-state index in [1.807, 2.05) is 0 Å². The highest BCUT2D eigenvalue weighted by Gasteiger charge is 2.56. The SMILES string of the molecule is c1ccc2c(c1)Oc1ccccc1C21c2ccccc2-c2ccc(N(c3cccc4c3-c3ccccc3C43c4ccccc4Oc4ccccc43)c3cccc4c3-c3ccccc3C43c4ccccc4Oc4ccccc43)cc21. The highest BCUT2D eigenvalue weighted by atomic mass is 16.5. The first-order valence-corrected chi connectivity index (χ1v) is 27.3. The van der Waals surface area contributed by atoms with Crippen molar-refractivity contribution in [2.45, 2.75) is 16.2 Å². The molecule has 0 radical (unpaired) electrons. The number of ether oxygens (including phenoxy) is 3. The van der Waals surface area contributed by atoms with E-state index in [0.717, 1.165) is 84.9 Å². The third-order valence-corrected chi connectivity index (χ3v) is 18.3. The standard InChI is InChI=1S/C75H45NO3/c1-4-24-51-47(21-1)48-44-43-46(45-62(48)75(51)58-31-11-17-41-69(58)79-70-42-18-12-32-59(70)75)76(63-35-19-33-60-71(63)49-22-2-5-25-52(49)73(60)54-27-7-13-37-65(54)77-66-38-14-8-28-55(66)73)64-36-20-34-61-72(64)50-23-3-6-26-53(50)74(61)56-29-9-15-39-67(56)78-68-40-16-10-30-57(68)74/h1-45H. The van der Waals surface area contributed by atoms with Crippen molar-refractivity contribution in [2.24, 2.45) is 0 Å². The molecule has 0 amide bonds. The molecule has 79 heavy (non-hydrogen) atoms. The summed E-state index contributed by atoms with van der Waals surface area (Å²) in [5, 5.41) is 0. The first-order chi connectivity index (χ1) is 39.2. The average molecular weight is 1010 g/mol. The van der Waals surface area contributed by atoms with Gasteiger partial charge in [0.25, 0.3) is 0 Å². The first-order valence-electron chi connectivity index (χ1n) is 27.3. The molecule has 368 valence electrons. The molecular formula is C75H45NO3. The summed E-state index contributed by atoms with van der Waals surface area (Å²) in [5.41, 5.74) is 22.5. The van der Waals surface area contributed by atoms with Crippen LogP contribution >= 0.6 is 0 Å². The number of para-hydroxylation sites is 6. The Morgan fingerprint density at radius 3 is 0.873 bits per heavy atom. The van der Waals surface area contributed by atoms with E-state index in [9.17, 15) is 0 Å². The summed E-state index contributed by atoms with van der Waals surface area (Å²) in [7, 11) is 0. The van der Waals surface area contributed by atoms with Gasteiger partial charge >= 0.3 is 0 Å². The van der Waals surface area contributed by atoms with Gasteiger partial charge in [-0.25, -0.2) is 0 Å². The minimum Gasteiger partial charge on any atom is -0.457 e. The predicted molar refractivity (Wildman–Crippen MR) is 313 cm³/mol. The Hall–Kier alpha value is -10.2. The maximum Gasteiger partial charge on any atom is 0.132 e. The third kappa shape index (κ3) is 5.20. The normalized spacial score (nSPS) is 15.2. The summed E-state index contributed by atoms with van der Waals surface area (Å²) in [5.74, 6) is 5.20. The van der Waals surface area contributed by atoms with Gasteiger partial charge < -0.3 is 19.1 Å². The van der Waals surface area contributed by atoms with Crippen molar-refractivity contribution < 1.29 is 14.2 Å². The zero-order chi connectivity index (χ0) is 51.6. The van der Waals surface area contributed by atoms with Crippen molar-refractivity contribution in [3.63, 3.8) is 0 Å². The van der Waals surface area contributed by atoms with Crippen LogP contribution in [0.1, 0.15) is 66.8 Å². The zero-order valence-electron chi connectivity index (χ0n) is 42.7. The van der Waals surface area contributed by atoms with Crippen LogP contribution in [0, 0.1) is 0 Å². The highest BCUT2D eigenvalue weighted by molar-refractivity contribution is 6.04. The van der Waals surface area contributed by atoms with Crippen LogP contribution < -0.4 is 19.1 Å². The first kappa shape index (κ1) is 43.0. The van der Waals surface area contributed by atoms with E-state index < -0.39 is 16.2 Å². The van der Waals surface area contributed by atoms with Gasteiger partial charge in [0.2, 0.25) is 0 Å². The van der Waals surface area contributed by atoms with Gasteiger partial charge in [0.05, 0.1) is 27.6 Å². The average Bonchev–Trinajstić information content (AvgIpc) is 4.22. The second kappa shape index (κ2) is 15.5. The summed E-state index contributed by atoms with van der Waals surface area (Å²) >= 11 is 0. The molecule has 0 atom stereocenters. The van der Waals surface area contributed by atoms with Crippen LogP contribution in [0.15, 0.2) is 273 Å². The van der Waals surface area contributed by atoms with E-state index >= 15 is 0 Å². The van der Waals surface area contributed by atoms with Crippen LogP contribution in [0.4, 0.5) is 17.1 Å². The molecule has 0 unspecified atom stereocenters. The van der Waals surface area contributed by atoms with Crippen molar-refractivity contribution in [1.29, 1.82) is 0 Å². The second-order valence-corrected chi connectivity index (χ2v) is 21.6. The van der Waals surface area contributed by atoms with Crippen LogP contribution in [-0.2, 0) is 16.2 Å². The van der Waals surface area contributed by atoms with Crippen LogP contribution in [0.2, 0.25) is 0 Å². The van der Waals surface area contributed by atoms with Crippen molar-refractivity contribution in [3.05, 3.63) is 340 Å². The third-order valence-electron chi connectivity index (χ3n) is 18.3. The summed E-state index contributed by atoms with van der Waals surface area (Å²) in [4.78, 5) is 2.60. The largest absolute Gasteiger partial charge is 0.457 e. The van der Waals surface area contributed by atoms with Gasteiger partial charge in [0, 0.05) is 50.2 Å². The van der Waals surface area contributed by atoms with Gasteiger partial charge in [0.1, 0.15) is 34.5 Å². The molecule has 12 aromatic rings. The quantitative estimate of drug-likeness (QED) is 0.176. The Morgan fingerprint density at radius 2 is 0.494 bits per heavy atom. The van der Waals surface area contributed by atoms with Crippen molar-refractivity contribution in [1.82, 2.24) is 0 Å². The molecule has 3 heterocycles. The van der Waals surface area contributed by atoms with Gasteiger partial charge in [0.15, 0.2) is 0 Å². The minimum atomic E-state index is -0.686. The molecule has 3 spiro atoms. The molecule has 3 aliphatic heterocycles. The molecule has 3 aliphatic carbocycles. The van der Waals surface area contributed by atoms with Crippen LogP contribution in [-0.4, -0.2) is 0 Å². The van der Waals surface area contributed by atoms with Gasteiger partial charge in [-0.1, -0.05) is 212 Å². The van der Waals surface area contributed by atoms with E-state index in [2.05, 4.69) is 278 Å². The van der Waals surface area contributed by atoms with Crippen molar-refractivity contribution >= 4 is 17.1 Å². The highest BCUT2D eigenvalue weighted by Crippen LogP contribution is 2.68. The number of rotatable bonds is 3. The second-order valence-electron chi connectivity index (χ2n) is 21.6. The number of hydrogen-bond donors (Lipinski definition) is 0. The summed E-state index contributed by atoms with van der Waals surface area (Å²) in [6.45, 7) is 0. The molecule has 0 saturated heterocycles. The lowest BCUT2D eigenvalue weighted by atomic mass is 9.66. The van der Waals surface area contributed by atoms with Gasteiger partial charge in [-0.15, -0.1) is 0 Å². The number of nitrogens with zero attached hydrogens (tertiary/aromatic N) is 1. The molecule has 0 N–H and O–H groups in total. The topological polar surface area (TPSA) is 30.9 Å². The Morgan fingerprint density at radius 1 is 0.215 bits per heavy atom. The van der Waals surface area contributed by atoms with Gasteiger partial charge in [-0.05, 0) is 116 Å². The molecule has 18 rings (SSSR count). The fourth-order valence-electron chi connectivity index (χ4n) is 15.5. The monoisotopic (exact) mass is 1010 g/mol. The maximum absolute atomic E-state index is 6.86. The van der Waals surface area contributed by atoms with E-state index in [1.54, 1.807) is 0 Å². The van der Waals surface area contributed by atoms with Crippen molar-refractivity contribution in [2.75, 3.05) is 4.90 Å². The summed E-state index contributed by atoms with van der Waals surface area (Å²) in [6, 6.07) is 100. The molecule has 0 aromatic heterocycles. The Balaban J connectivity index is 0.984. The van der Waals surface area contributed by atoms with Crippen LogP contribution in [0.25, 0.3) is 33.4 Å². The minimum absolute atomic E-state index is 0.678. The molecule has 12 aromatic carbocycles. The molecule has 4 heteroatoms. The fraction of sp³-hybridized carbons (Fsp3) is 0.0400. The lowest BCUT2D eigenvalue weighted by molar-refractivity contribution is 0.436. The molecule has 0 bridgehead atoms. The van der Waals surface area contributed by atoms with Crippen LogP contribution in [0.3, 0.4) is 0 Å². The van der Waals surface area contributed by atoms with Crippen LogP contribution in [0.5, 0.6) is 34.5 Å². The molecule has 0 saturated carbocycles. The molecule has 4 nitrogen and oxygen atoms in total. The Kier molecular flexibility index (Phi) is 8.44. The smallest absolute Gasteiger partial charge is 0.132 e. The number of benzene rings is 12. The van der Waals surface area contributed by atoms with Gasteiger partial charge in [-0.3, -0.25) is 0 Å². The molecule has 6 aliphatic rings. The maximum atomic E-state index is 6.86. The summed E-state index contributed by atoms with van der Waals surface area (Å²) < 4.78 is 20.5. The summed E-state index contributed by atoms with van der Waals surface area (Å²) in [6.07, 6.45) is 0. The molecule has 0 fully saturated rings. The fourth-order valence-corrected chi connectivity index (χ4v) is 15.5. The van der Waals surface area contributed by atoms with E-state index in [-0.39, 0.29) is 0 Å². The van der Waals surface area contributed by atoms with E-state index in [0.29, 0.717) is 0 Å². The predicted octanol–water partition coefficient (Wildman–Crippen LogP) is 18.6.